The number of aromatic nitrogens is 1. The lowest BCUT2D eigenvalue weighted by molar-refractivity contribution is 0.0629. The third kappa shape index (κ3) is 8.25. The summed E-state index contributed by atoms with van der Waals surface area (Å²) >= 11 is 0. The van der Waals surface area contributed by atoms with Crippen molar-refractivity contribution in [3.05, 3.63) is 197 Å². The molecule has 294 valence electrons. The van der Waals surface area contributed by atoms with E-state index in [0.717, 1.165) is 58.0 Å². The molecule has 1 unspecified atom stereocenters. The first kappa shape index (κ1) is 37.6. The summed E-state index contributed by atoms with van der Waals surface area (Å²) in [7, 11) is 0. The molecule has 1 aromatic heterocycles. The Hall–Kier alpha value is -6.93. The van der Waals surface area contributed by atoms with Crippen LogP contribution in [0, 0.1) is 0 Å². The zero-order valence-corrected chi connectivity index (χ0v) is 32.8. The number of likely N-dealkylation sites (tertiary alicyclic amines) is 1. The molecule has 2 aliphatic rings. The SMILES string of the molecule is O=C(O[C@@H](Cc1ccccc1)c1ccccc1)N1CCCC(c2ccc3c4c(cccc24)N(c2ccc(OCc4ccccc4)nc2OCc2ccccc2)C3=O)CC1. The van der Waals surface area contributed by atoms with Gasteiger partial charge in [0.25, 0.3) is 5.91 Å². The standard InChI is InChI=1S/C51H45N3O5/c55-50-43-27-26-41(39-23-14-31-53(32-30-39)51(56)59-46(40-21-11-4-12-22-40)33-36-15-5-1-6-16-36)42-24-13-25-44(48(42)43)54(50)45-28-29-47(57-34-37-17-7-2-8-18-37)52-49(45)58-35-38-19-9-3-10-20-38/h1-13,15-22,24-29,39,46H,14,23,30-35H2/t39?,46-/m0/s1. The van der Waals surface area contributed by atoms with Crippen molar-refractivity contribution in [1.29, 1.82) is 0 Å². The fourth-order valence-corrected chi connectivity index (χ4v) is 8.34. The summed E-state index contributed by atoms with van der Waals surface area (Å²) in [6.45, 7) is 1.83. The van der Waals surface area contributed by atoms with Gasteiger partial charge in [0.05, 0.1) is 11.3 Å². The molecule has 0 bridgehead atoms. The van der Waals surface area contributed by atoms with Crippen molar-refractivity contribution in [2.45, 2.75) is 50.9 Å². The molecule has 0 spiro atoms. The molecule has 0 saturated carbocycles. The summed E-state index contributed by atoms with van der Waals surface area (Å²) < 4.78 is 18.8. The van der Waals surface area contributed by atoms with Crippen LogP contribution in [-0.4, -0.2) is 35.0 Å². The van der Waals surface area contributed by atoms with Gasteiger partial charge in [-0.3, -0.25) is 9.69 Å². The van der Waals surface area contributed by atoms with E-state index < -0.39 is 0 Å². The molecule has 1 fully saturated rings. The number of nitrogens with zero attached hydrogens (tertiary/aromatic N) is 3. The van der Waals surface area contributed by atoms with E-state index in [1.54, 1.807) is 11.0 Å². The lowest BCUT2D eigenvalue weighted by Crippen LogP contribution is -2.33. The highest BCUT2D eigenvalue weighted by atomic mass is 16.6. The van der Waals surface area contributed by atoms with Gasteiger partial charge >= 0.3 is 6.09 Å². The van der Waals surface area contributed by atoms with Gasteiger partial charge in [-0.25, -0.2) is 4.79 Å². The first-order valence-corrected chi connectivity index (χ1v) is 20.4. The fourth-order valence-electron chi connectivity index (χ4n) is 8.34. The number of hydrogen-bond donors (Lipinski definition) is 0. The highest BCUT2D eigenvalue weighted by molar-refractivity contribution is 6.28. The molecule has 2 aliphatic heterocycles. The molecule has 1 saturated heterocycles. The summed E-state index contributed by atoms with van der Waals surface area (Å²) in [5.74, 6) is 0.781. The molecule has 2 amide bonds. The Labute approximate surface area is 344 Å². The Morgan fingerprint density at radius 1 is 0.644 bits per heavy atom. The minimum Gasteiger partial charge on any atom is -0.473 e. The molecule has 59 heavy (non-hydrogen) atoms. The van der Waals surface area contributed by atoms with Gasteiger partial charge in [-0.05, 0) is 76.6 Å². The van der Waals surface area contributed by atoms with Crippen molar-refractivity contribution in [3.63, 3.8) is 0 Å². The zero-order chi connectivity index (χ0) is 40.0. The third-order valence-electron chi connectivity index (χ3n) is 11.3. The van der Waals surface area contributed by atoms with Crippen LogP contribution in [0.5, 0.6) is 11.8 Å². The topological polar surface area (TPSA) is 81.2 Å². The minimum absolute atomic E-state index is 0.134. The summed E-state index contributed by atoms with van der Waals surface area (Å²) in [6.07, 6.45) is 2.47. The second-order valence-corrected chi connectivity index (χ2v) is 15.2. The number of rotatable bonds is 12. The first-order chi connectivity index (χ1) is 29.1. The van der Waals surface area contributed by atoms with Crippen LogP contribution in [0.4, 0.5) is 16.2 Å². The summed E-state index contributed by atoms with van der Waals surface area (Å²) in [6, 6.07) is 53.8. The molecule has 9 rings (SSSR count). The van der Waals surface area contributed by atoms with Crippen LogP contribution in [0.3, 0.4) is 0 Å². The Balaban J connectivity index is 0.959. The minimum atomic E-state index is -0.389. The highest BCUT2D eigenvalue weighted by Crippen LogP contribution is 2.47. The summed E-state index contributed by atoms with van der Waals surface area (Å²) in [5, 5.41) is 1.96. The summed E-state index contributed by atoms with van der Waals surface area (Å²) in [4.78, 5) is 36.6. The van der Waals surface area contributed by atoms with Crippen LogP contribution in [0.15, 0.2) is 164 Å². The predicted octanol–water partition coefficient (Wildman–Crippen LogP) is 11.4. The number of carbonyl (C=O) groups is 2. The van der Waals surface area contributed by atoms with Gasteiger partial charge < -0.3 is 19.1 Å². The fraction of sp³-hybridized carbons (Fsp3) is 0.196. The third-order valence-corrected chi connectivity index (χ3v) is 11.3. The molecular weight excluding hydrogens is 735 g/mol. The van der Waals surface area contributed by atoms with Crippen molar-refractivity contribution in [2.24, 2.45) is 0 Å². The van der Waals surface area contributed by atoms with E-state index in [1.165, 1.54) is 5.56 Å². The van der Waals surface area contributed by atoms with E-state index in [4.69, 9.17) is 19.2 Å². The van der Waals surface area contributed by atoms with Gasteiger partial charge in [0.15, 0.2) is 0 Å². The zero-order valence-electron chi connectivity index (χ0n) is 32.8. The van der Waals surface area contributed by atoms with Crippen LogP contribution >= 0.6 is 0 Å². The number of hydrogen-bond acceptors (Lipinski definition) is 6. The van der Waals surface area contributed by atoms with Gasteiger partial charge in [-0.2, -0.15) is 4.98 Å². The number of carbonyl (C=O) groups excluding carboxylic acids is 2. The molecule has 0 N–H and O–H groups in total. The van der Waals surface area contributed by atoms with Gasteiger partial charge in [0.1, 0.15) is 25.0 Å². The Morgan fingerprint density at radius 2 is 1.31 bits per heavy atom. The van der Waals surface area contributed by atoms with E-state index in [2.05, 4.69) is 24.3 Å². The lowest BCUT2D eigenvalue weighted by Gasteiger charge is -2.25. The van der Waals surface area contributed by atoms with E-state index >= 15 is 0 Å². The van der Waals surface area contributed by atoms with Crippen LogP contribution in [0.2, 0.25) is 0 Å². The number of pyridine rings is 1. The molecule has 3 heterocycles. The molecule has 8 heteroatoms. The monoisotopic (exact) mass is 779 g/mol. The average molecular weight is 780 g/mol. The Morgan fingerprint density at radius 3 is 2.02 bits per heavy atom. The van der Waals surface area contributed by atoms with Crippen molar-refractivity contribution in [3.8, 4) is 11.8 Å². The maximum atomic E-state index is 14.4. The molecule has 0 aliphatic carbocycles. The van der Waals surface area contributed by atoms with Gasteiger partial charge in [0, 0.05) is 31.0 Å². The maximum absolute atomic E-state index is 14.4. The van der Waals surface area contributed by atoms with Gasteiger partial charge in [-0.1, -0.05) is 140 Å². The first-order valence-electron chi connectivity index (χ1n) is 20.4. The Kier molecular flexibility index (Phi) is 11.0. The largest absolute Gasteiger partial charge is 0.473 e. The second-order valence-electron chi connectivity index (χ2n) is 15.2. The lowest BCUT2D eigenvalue weighted by atomic mass is 9.87. The van der Waals surface area contributed by atoms with Crippen molar-refractivity contribution in [1.82, 2.24) is 9.88 Å². The normalized spacial score (nSPS) is 15.5. The number of benzene rings is 6. The highest BCUT2D eigenvalue weighted by Gasteiger charge is 2.35. The molecule has 6 aromatic carbocycles. The molecule has 2 atom stereocenters. The molecular formula is C51H45N3O5. The number of ether oxygens (including phenoxy) is 3. The van der Waals surface area contributed by atoms with Crippen LogP contribution in [0.1, 0.15) is 69.5 Å². The molecule has 0 radical (unpaired) electrons. The van der Waals surface area contributed by atoms with E-state index in [1.807, 2.05) is 138 Å². The quantitative estimate of drug-likeness (QED) is 0.123. The van der Waals surface area contributed by atoms with E-state index in [-0.39, 0.29) is 30.6 Å². The van der Waals surface area contributed by atoms with Crippen molar-refractivity contribution in [2.75, 3.05) is 18.0 Å². The van der Waals surface area contributed by atoms with E-state index in [9.17, 15) is 9.59 Å². The second kappa shape index (κ2) is 17.3. The maximum Gasteiger partial charge on any atom is 0.410 e. The van der Waals surface area contributed by atoms with Gasteiger partial charge in [-0.15, -0.1) is 0 Å². The van der Waals surface area contributed by atoms with Crippen molar-refractivity contribution >= 4 is 34.1 Å². The average Bonchev–Trinajstić information content (AvgIpc) is 3.40. The summed E-state index contributed by atoms with van der Waals surface area (Å²) in [5.41, 5.74) is 7.27. The van der Waals surface area contributed by atoms with Crippen LogP contribution in [0.25, 0.3) is 10.8 Å². The van der Waals surface area contributed by atoms with E-state index in [0.29, 0.717) is 49.1 Å². The van der Waals surface area contributed by atoms with Crippen molar-refractivity contribution < 1.29 is 23.8 Å². The molecule has 7 aromatic rings. The Bertz CT molecular complexity index is 2550. The number of amides is 2. The predicted molar refractivity (Wildman–Crippen MR) is 230 cm³/mol. The smallest absolute Gasteiger partial charge is 0.410 e. The van der Waals surface area contributed by atoms with Crippen LogP contribution < -0.4 is 14.4 Å². The van der Waals surface area contributed by atoms with Gasteiger partial charge in [0.2, 0.25) is 11.8 Å². The molecule has 8 nitrogen and oxygen atoms in total. The number of anilines is 2. The van der Waals surface area contributed by atoms with Crippen LogP contribution in [-0.2, 0) is 24.4 Å².